The number of carbonyl (C=O) groups is 1. The van der Waals surface area contributed by atoms with E-state index in [0.717, 1.165) is 10.6 Å². The SMILES string of the molecule is CC(S)N(C)CCN(CC(=O)O)S(C)(=O)=O. The standard InChI is InChI=1S/C8H18N2O4S2/c1-7(15)9(2)4-5-10(6-8(11)12)16(3,13)14/h7,15H,4-6H2,1-3H3,(H,11,12). The summed E-state index contributed by atoms with van der Waals surface area (Å²) >= 11 is 4.18. The molecule has 0 spiro atoms. The van der Waals surface area contributed by atoms with Crippen molar-refractivity contribution in [3.05, 3.63) is 0 Å². The van der Waals surface area contributed by atoms with E-state index in [1.807, 2.05) is 11.8 Å². The summed E-state index contributed by atoms with van der Waals surface area (Å²) in [6.45, 7) is 1.93. The molecular formula is C8H18N2O4S2. The lowest BCUT2D eigenvalue weighted by Crippen LogP contribution is -2.41. The molecule has 0 heterocycles. The lowest BCUT2D eigenvalue weighted by atomic mass is 10.5. The van der Waals surface area contributed by atoms with Crippen molar-refractivity contribution in [1.82, 2.24) is 9.21 Å². The van der Waals surface area contributed by atoms with Crippen LogP contribution >= 0.6 is 12.6 Å². The van der Waals surface area contributed by atoms with Crippen LogP contribution in [0.15, 0.2) is 0 Å². The van der Waals surface area contributed by atoms with Crippen LogP contribution in [0.5, 0.6) is 0 Å². The van der Waals surface area contributed by atoms with Crippen LogP contribution in [-0.2, 0) is 14.8 Å². The molecule has 0 aromatic carbocycles. The number of thiol groups is 1. The van der Waals surface area contributed by atoms with E-state index in [4.69, 9.17) is 5.11 Å². The Morgan fingerprint density at radius 2 is 1.94 bits per heavy atom. The van der Waals surface area contributed by atoms with Gasteiger partial charge in [0.15, 0.2) is 0 Å². The number of hydrogen-bond acceptors (Lipinski definition) is 5. The maximum Gasteiger partial charge on any atom is 0.318 e. The second kappa shape index (κ2) is 6.43. The van der Waals surface area contributed by atoms with Crippen LogP contribution in [0, 0.1) is 0 Å². The van der Waals surface area contributed by atoms with Gasteiger partial charge in [0.25, 0.3) is 0 Å². The van der Waals surface area contributed by atoms with E-state index in [2.05, 4.69) is 12.6 Å². The molecule has 0 aliphatic carbocycles. The topological polar surface area (TPSA) is 77.9 Å². The smallest absolute Gasteiger partial charge is 0.318 e. The van der Waals surface area contributed by atoms with Gasteiger partial charge in [0.05, 0.1) is 6.26 Å². The van der Waals surface area contributed by atoms with Gasteiger partial charge in [-0.1, -0.05) is 0 Å². The molecule has 0 aliphatic heterocycles. The predicted molar refractivity (Wildman–Crippen MR) is 65.1 cm³/mol. The Morgan fingerprint density at radius 1 is 1.44 bits per heavy atom. The van der Waals surface area contributed by atoms with Crippen LogP contribution in [0.1, 0.15) is 6.92 Å². The molecule has 1 atom stereocenters. The molecule has 0 aromatic rings. The summed E-state index contributed by atoms with van der Waals surface area (Å²) in [6, 6.07) is 0. The highest BCUT2D eigenvalue weighted by atomic mass is 32.2. The van der Waals surface area contributed by atoms with Crippen LogP contribution < -0.4 is 0 Å². The Labute approximate surface area is 102 Å². The first-order valence-corrected chi connectivity index (χ1v) is 7.06. The van der Waals surface area contributed by atoms with E-state index in [1.165, 1.54) is 0 Å². The molecule has 1 N–H and O–H groups in total. The van der Waals surface area contributed by atoms with Gasteiger partial charge in [-0.3, -0.25) is 9.69 Å². The molecule has 6 nitrogen and oxygen atoms in total. The molecule has 0 saturated carbocycles. The van der Waals surface area contributed by atoms with Gasteiger partial charge in [-0.25, -0.2) is 8.42 Å². The molecule has 0 aliphatic rings. The Bertz CT molecular complexity index is 329. The van der Waals surface area contributed by atoms with E-state index in [9.17, 15) is 13.2 Å². The average Bonchev–Trinajstić information content (AvgIpc) is 2.08. The first-order chi connectivity index (χ1) is 7.14. The summed E-state index contributed by atoms with van der Waals surface area (Å²) < 4.78 is 23.5. The van der Waals surface area contributed by atoms with E-state index >= 15 is 0 Å². The van der Waals surface area contributed by atoms with Crippen molar-refractivity contribution in [1.29, 1.82) is 0 Å². The fourth-order valence-electron chi connectivity index (χ4n) is 0.969. The summed E-state index contributed by atoms with van der Waals surface area (Å²) in [4.78, 5) is 12.3. The molecule has 96 valence electrons. The van der Waals surface area contributed by atoms with Crippen LogP contribution in [0.2, 0.25) is 0 Å². The van der Waals surface area contributed by atoms with Gasteiger partial charge < -0.3 is 5.11 Å². The van der Waals surface area contributed by atoms with Crippen molar-refractivity contribution in [2.45, 2.75) is 12.3 Å². The monoisotopic (exact) mass is 270 g/mol. The molecular weight excluding hydrogens is 252 g/mol. The number of carboxylic acids is 1. The highest BCUT2D eigenvalue weighted by molar-refractivity contribution is 7.88. The Hall–Kier alpha value is -0.310. The fourth-order valence-corrected chi connectivity index (χ4v) is 1.84. The summed E-state index contributed by atoms with van der Waals surface area (Å²) in [5.74, 6) is -1.16. The second-order valence-corrected chi connectivity index (χ2v) is 6.33. The van der Waals surface area contributed by atoms with Crippen LogP contribution in [0.25, 0.3) is 0 Å². The van der Waals surface area contributed by atoms with Gasteiger partial charge in [-0.15, -0.1) is 0 Å². The van der Waals surface area contributed by atoms with Gasteiger partial charge in [0.2, 0.25) is 10.0 Å². The van der Waals surface area contributed by atoms with E-state index in [1.54, 1.807) is 7.05 Å². The molecule has 0 fully saturated rings. The Kier molecular flexibility index (Phi) is 6.31. The first kappa shape index (κ1) is 15.7. The fraction of sp³-hybridized carbons (Fsp3) is 0.875. The molecule has 8 heteroatoms. The third-order valence-corrected chi connectivity index (χ3v) is 3.76. The number of carboxylic acid groups (broad SMARTS) is 1. The lowest BCUT2D eigenvalue weighted by molar-refractivity contribution is -0.137. The minimum absolute atomic E-state index is 0.00811. The molecule has 0 bridgehead atoms. The van der Waals surface area contributed by atoms with Crippen molar-refractivity contribution in [3.8, 4) is 0 Å². The zero-order valence-electron chi connectivity index (χ0n) is 9.62. The number of rotatable bonds is 7. The number of sulfonamides is 1. The molecule has 0 radical (unpaired) electrons. The molecule has 0 saturated heterocycles. The van der Waals surface area contributed by atoms with E-state index < -0.39 is 22.5 Å². The summed E-state index contributed by atoms with van der Waals surface area (Å²) in [5.41, 5.74) is 0. The van der Waals surface area contributed by atoms with E-state index in [-0.39, 0.29) is 11.9 Å². The third-order valence-electron chi connectivity index (χ3n) is 2.12. The van der Waals surface area contributed by atoms with E-state index in [0.29, 0.717) is 6.54 Å². The number of hydrogen-bond donors (Lipinski definition) is 2. The van der Waals surface area contributed by atoms with Crippen molar-refractivity contribution in [2.75, 3.05) is 32.9 Å². The first-order valence-electron chi connectivity index (χ1n) is 4.70. The van der Waals surface area contributed by atoms with Crippen LogP contribution in [-0.4, -0.2) is 67.0 Å². The molecule has 1 unspecified atom stereocenters. The van der Waals surface area contributed by atoms with Crippen molar-refractivity contribution in [2.24, 2.45) is 0 Å². The molecule has 0 amide bonds. The quantitative estimate of drug-likeness (QED) is 0.483. The summed E-state index contributed by atoms with van der Waals surface area (Å²) in [7, 11) is -1.69. The lowest BCUT2D eigenvalue weighted by Gasteiger charge is -2.24. The zero-order valence-corrected chi connectivity index (χ0v) is 11.3. The Morgan fingerprint density at radius 3 is 2.25 bits per heavy atom. The maximum atomic E-state index is 11.3. The summed E-state index contributed by atoms with van der Waals surface area (Å²) in [6.07, 6.45) is 1.00. The van der Waals surface area contributed by atoms with Crippen molar-refractivity contribution < 1.29 is 18.3 Å². The average molecular weight is 270 g/mol. The van der Waals surface area contributed by atoms with Gasteiger partial charge in [-0.05, 0) is 14.0 Å². The van der Waals surface area contributed by atoms with Crippen LogP contribution in [0.3, 0.4) is 0 Å². The molecule has 0 rings (SSSR count). The maximum absolute atomic E-state index is 11.3. The third kappa shape index (κ3) is 6.31. The van der Waals surface area contributed by atoms with Gasteiger partial charge >= 0.3 is 5.97 Å². The zero-order chi connectivity index (χ0) is 12.9. The summed E-state index contributed by atoms with van der Waals surface area (Å²) in [5, 5.41) is 8.58. The number of nitrogens with zero attached hydrogens (tertiary/aromatic N) is 2. The minimum atomic E-state index is -3.48. The number of aliphatic carboxylic acids is 1. The van der Waals surface area contributed by atoms with Crippen LogP contribution in [0.4, 0.5) is 0 Å². The van der Waals surface area contributed by atoms with Gasteiger partial charge in [0.1, 0.15) is 6.54 Å². The normalized spacial score (nSPS) is 14.4. The molecule has 0 aromatic heterocycles. The predicted octanol–water partition coefficient (Wildman–Crippen LogP) is -0.460. The highest BCUT2D eigenvalue weighted by Gasteiger charge is 2.20. The van der Waals surface area contributed by atoms with Gasteiger partial charge in [-0.2, -0.15) is 16.9 Å². The number of likely N-dealkylation sites (N-methyl/N-ethyl adjacent to an activating group) is 1. The largest absolute Gasteiger partial charge is 0.480 e. The highest BCUT2D eigenvalue weighted by Crippen LogP contribution is 2.02. The van der Waals surface area contributed by atoms with Gasteiger partial charge in [0, 0.05) is 18.5 Å². The second-order valence-electron chi connectivity index (χ2n) is 3.60. The Balaban J connectivity index is 4.40. The van der Waals surface area contributed by atoms with Crippen molar-refractivity contribution in [3.63, 3.8) is 0 Å². The molecule has 16 heavy (non-hydrogen) atoms. The van der Waals surface area contributed by atoms with Crippen molar-refractivity contribution >= 4 is 28.6 Å². The minimum Gasteiger partial charge on any atom is -0.480 e.